The van der Waals surface area contributed by atoms with Crippen LogP contribution in [0.4, 0.5) is 18.9 Å². The Morgan fingerprint density at radius 3 is 2.24 bits per heavy atom. The lowest BCUT2D eigenvalue weighted by atomic mass is 10.3. The van der Waals surface area contributed by atoms with Crippen LogP contribution >= 0.6 is 11.6 Å². The molecule has 0 bridgehead atoms. The molecular weight excluding hydrogens is 259 g/mol. The molecule has 1 aromatic carbocycles. The number of halogens is 4. The molecule has 0 spiro atoms. The Bertz CT molecular complexity index is 392. The lowest BCUT2D eigenvalue weighted by Gasteiger charge is -2.24. The molecule has 1 rings (SSSR count). The van der Waals surface area contributed by atoms with Crippen LogP contribution in [0.2, 0.25) is 5.02 Å². The topological polar surface area (TPSA) is 40.5 Å². The highest BCUT2D eigenvalue weighted by molar-refractivity contribution is 6.30. The van der Waals surface area contributed by atoms with Crippen LogP contribution in [0.1, 0.15) is 0 Å². The number of carboxylic acids is 1. The zero-order chi connectivity index (χ0) is 13.1. The van der Waals surface area contributed by atoms with Crippen molar-refractivity contribution >= 4 is 23.3 Å². The molecule has 1 N–H and O–H groups in total. The predicted molar refractivity (Wildman–Crippen MR) is 57.4 cm³/mol. The summed E-state index contributed by atoms with van der Waals surface area (Å²) >= 11 is 5.60. The third-order valence-electron chi connectivity index (χ3n) is 1.89. The average molecular weight is 268 g/mol. The van der Waals surface area contributed by atoms with E-state index >= 15 is 0 Å². The van der Waals surface area contributed by atoms with Crippen molar-refractivity contribution in [1.29, 1.82) is 0 Å². The lowest BCUT2D eigenvalue weighted by molar-refractivity contribution is -0.136. The summed E-state index contributed by atoms with van der Waals surface area (Å²) in [5, 5.41) is 8.93. The van der Waals surface area contributed by atoms with Crippen LogP contribution in [0.5, 0.6) is 0 Å². The summed E-state index contributed by atoms with van der Waals surface area (Å²) in [5.41, 5.74) is 0.161. The molecule has 7 heteroatoms. The van der Waals surface area contributed by atoms with E-state index in [1.54, 1.807) is 0 Å². The first-order valence-electron chi connectivity index (χ1n) is 4.57. The molecule has 0 aliphatic rings. The molecule has 0 amide bonds. The summed E-state index contributed by atoms with van der Waals surface area (Å²) in [4.78, 5) is 11.2. The Morgan fingerprint density at radius 1 is 1.29 bits per heavy atom. The van der Waals surface area contributed by atoms with Crippen LogP contribution in [0.15, 0.2) is 24.3 Å². The molecule has 0 aromatic heterocycles. The van der Waals surface area contributed by atoms with Crippen molar-refractivity contribution in [2.75, 3.05) is 18.0 Å². The quantitative estimate of drug-likeness (QED) is 0.912. The smallest absolute Gasteiger partial charge is 0.405 e. The van der Waals surface area contributed by atoms with Crippen molar-refractivity contribution in [2.24, 2.45) is 0 Å². The van der Waals surface area contributed by atoms with Crippen LogP contribution in [-0.2, 0) is 4.79 Å². The molecule has 0 radical (unpaired) electrons. The van der Waals surface area contributed by atoms with Gasteiger partial charge in [0.15, 0.2) is 0 Å². The number of rotatable bonds is 4. The van der Waals surface area contributed by atoms with Crippen molar-refractivity contribution in [2.45, 2.75) is 6.18 Å². The number of benzene rings is 1. The highest BCUT2D eigenvalue weighted by atomic mass is 35.5. The second-order valence-corrected chi connectivity index (χ2v) is 3.78. The molecule has 1 aromatic rings. The van der Waals surface area contributed by atoms with Gasteiger partial charge < -0.3 is 10.0 Å². The Kier molecular flexibility index (Phi) is 4.22. The number of alkyl halides is 3. The predicted octanol–water partition coefficient (Wildman–Crippen LogP) is 2.79. The maximum absolute atomic E-state index is 12.3. The molecule has 17 heavy (non-hydrogen) atoms. The summed E-state index contributed by atoms with van der Waals surface area (Å²) < 4.78 is 36.8. The fraction of sp³-hybridized carbons (Fsp3) is 0.300. The Hall–Kier alpha value is -1.43. The highest BCUT2D eigenvalue weighted by Crippen LogP contribution is 2.23. The Labute approximate surface area is 100 Å². The number of carbonyl (C=O) groups is 1. The van der Waals surface area contributed by atoms with Crippen molar-refractivity contribution in [1.82, 2.24) is 0 Å². The van der Waals surface area contributed by atoms with Crippen molar-refractivity contribution in [3.63, 3.8) is 0 Å². The monoisotopic (exact) mass is 267 g/mol. The van der Waals surface area contributed by atoms with Crippen LogP contribution < -0.4 is 4.90 Å². The lowest BCUT2D eigenvalue weighted by Crippen LogP contribution is -2.37. The molecule has 0 unspecified atom stereocenters. The molecule has 0 heterocycles. The second-order valence-electron chi connectivity index (χ2n) is 3.34. The fourth-order valence-corrected chi connectivity index (χ4v) is 1.40. The van der Waals surface area contributed by atoms with Crippen molar-refractivity contribution in [3.8, 4) is 0 Å². The normalized spacial score (nSPS) is 11.3. The van der Waals surface area contributed by atoms with Gasteiger partial charge in [-0.1, -0.05) is 11.6 Å². The van der Waals surface area contributed by atoms with E-state index < -0.39 is 25.2 Å². The highest BCUT2D eigenvalue weighted by Gasteiger charge is 2.31. The number of hydrogen-bond donors (Lipinski definition) is 1. The zero-order valence-electron chi connectivity index (χ0n) is 8.54. The van der Waals surface area contributed by atoms with Crippen LogP contribution in [-0.4, -0.2) is 30.3 Å². The maximum Gasteiger partial charge on any atom is 0.405 e. The first kappa shape index (κ1) is 13.6. The van der Waals surface area contributed by atoms with Gasteiger partial charge >= 0.3 is 12.1 Å². The Morgan fingerprint density at radius 2 is 1.82 bits per heavy atom. The van der Waals surface area contributed by atoms with Gasteiger partial charge in [0.1, 0.15) is 13.1 Å². The minimum Gasteiger partial charge on any atom is -0.480 e. The van der Waals surface area contributed by atoms with Crippen LogP contribution in [0, 0.1) is 0 Å². The van der Waals surface area contributed by atoms with E-state index in [4.69, 9.17) is 16.7 Å². The van der Waals surface area contributed by atoms with Gasteiger partial charge in [-0.15, -0.1) is 0 Å². The van der Waals surface area contributed by atoms with E-state index in [1.165, 1.54) is 24.3 Å². The SMILES string of the molecule is O=C(O)CN(CC(F)(F)F)c1ccc(Cl)cc1. The largest absolute Gasteiger partial charge is 0.480 e. The van der Waals surface area contributed by atoms with Crippen LogP contribution in [0.25, 0.3) is 0 Å². The van der Waals surface area contributed by atoms with Gasteiger partial charge in [0.2, 0.25) is 0 Å². The zero-order valence-corrected chi connectivity index (χ0v) is 9.29. The standard InChI is InChI=1S/C10H9ClF3NO2/c11-7-1-3-8(4-2-7)15(5-9(16)17)6-10(12,13)14/h1-4H,5-6H2,(H,16,17). The summed E-state index contributed by atoms with van der Waals surface area (Å²) in [6.07, 6.45) is -4.46. The summed E-state index contributed by atoms with van der Waals surface area (Å²) in [6, 6.07) is 5.50. The van der Waals surface area contributed by atoms with Gasteiger partial charge in [-0.05, 0) is 24.3 Å². The van der Waals surface area contributed by atoms with Gasteiger partial charge in [0, 0.05) is 10.7 Å². The number of carboxylic acid groups (broad SMARTS) is 1. The molecule has 3 nitrogen and oxygen atoms in total. The van der Waals surface area contributed by atoms with E-state index in [2.05, 4.69) is 0 Å². The third kappa shape index (κ3) is 4.95. The van der Waals surface area contributed by atoms with Crippen molar-refractivity contribution in [3.05, 3.63) is 29.3 Å². The molecule has 0 aliphatic heterocycles. The molecule has 0 saturated heterocycles. The van der Waals surface area contributed by atoms with Gasteiger partial charge in [0.05, 0.1) is 0 Å². The van der Waals surface area contributed by atoms with Gasteiger partial charge in [0.25, 0.3) is 0 Å². The van der Waals surface area contributed by atoms with E-state index in [9.17, 15) is 18.0 Å². The van der Waals surface area contributed by atoms with E-state index in [-0.39, 0.29) is 5.69 Å². The molecule has 0 aliphatic carbocycles. The average Bonchev–Trinajstić information content (AvgIpc) is 2.14. The van der Waals surface area contributed by atoms with Gasteiger partial charge in [-0.3, -0.25) is 4.79 Å². The first-order valence-corrected chi connectivity index (χ1v) is 4.95. The summed E-state index contributed by atoms with van der Waals surface area (Å²) in [5.74, 6) is -1.33. The van der Waals surface area contributed by atoms with E-state index in [1.807, 2.05) is 0 Å². The first-order chi connectivity index (χ1) is 7.78. The minimum absolute atomic E-state index is 0.161. The number of hydrogen-bond acceptors (Lipinski definition) is 2. The molecule has 94 valence electrons. The number of anilines is 1. The maximum atomic E-state index is 12.3. The van der Waals surface area contributed by atoms with E-state index in [0.29, 0.717) is 5.02 Å². The van der Waals surface area contributed by atoms with E-state index in [0.717, 1.165) is 4.90 Å². The Balaban J connectivity index is 2.89. The fourth-order valence-electron chi connectivity index (χ4n) is 1.27. The summed E-state index contributed by atoms with van der Waals surface area (Å²) in [6.45, 7) is -2.04. The molecular formula is C10H9ClF3NO2. The number of aliphatic carboxylic acids is 1. The second kappa shape index (κ2) is 5.27. The molecule has 0 saturated carbocycles. The minimum atomic E-state index is -4.46. The summed E-state index contributed by atoms with van der Waals surface area (Å²) in [7, 11) is 0. The number of nitrogens with zero attached hydrogens (tertiary/aromatic N) is 1. The molecule has 0 atom stereocenters. The molecule has 0 fully saturated rings. The van der Waals surface area contributed by atoms with Gasteiger partial charge in [-0.25, -0.2) is 0 Å². The third-order valence-corrected chi connectivity index (χ3v) is 2.14. The van der Waals surface area contributed by atoms with Gasteiger partial charge in [-0.2, -0.15) is 13.2 Å². The van der Waals surface area contributed by atoms with Crippen molar-refractivity contribution < 1.29 is 23.1 Å². The van der Waals surface area contributed by atoms with Crippen LogP contribution in [0.3, 0.4) is 0 Å².